The second-order valence-electron chi connectivity index (χ2n) is 3.59. The number of rotatable bonds is 2. The van der Waals surface area contributed by atoms with Gasteiger partial charge in [0.05, 0.1) is 36.6 Å². The molecule has 4 nitrogen and oxygen atoms in total. The van der Waals surface area contributed by atoms with Crippen molar-refractivity contribution in [3.63, 3.8) is 0 Å². The van der Waals surface area contributed by atoms with Crippen LogP contribution in [-0.2, 0) is 0 Å². The smallest absolute Gasteiger partial charge is 0.163 e. The predicted octanol–water partition coefficient (Wildman–Crippen LogP) is 2.26. The zero-order valence-electron chi connectivity index (χ0n) is 9.87. The average molecular weight is 218 g/mol. The minimum absolute atomic E-state index is 0.674. The Hall–Kier alpha value is -1.84. The summed E-state index contributed by atoms with van der Waals surface area (Å²) in [4.78, 5) is 8.92. The fourth-order valence-corrected chi connectivity index (χ4v) is 1.56. The monoisotopic (exact) mass is 218 g/mol. The van der Waals surface area contributed by atoms with Crippen LogP contribution >= 0.6 is 0 Å². The molecule has 1 aromatic heterocycles. The van der Waals surface area contributed by atoms with Crippen molar-refractivity contribution in [1.29, 1.82) is 0 Å². The van der Waals surface area contributed by atoms with E-state index in [1.165, 1.54) is 0 Å². The van der Waals surface area contributed by atoms with Gasteiger partial charge in [0.25, 0.3) is 0 Å². The number of aryl methyl sites for hydroxylation is 2. The lowest BCUT2D eigenvalue weighted by molar-refractivity contribution is 0.355. The minimum Gasteiger partial charge on any atom is -0.493 e. The van der Waals surface area contributed by atoms with Gasteiger partial charge in [0.2, 0.25) is 0 Å². The fraction of sp³-hybridized carbons (Fsp3) is 0.333. The van der Waals surface area contributed by atoms with E-state index >= 15 is 0 Å². The topological polar surface area (TPSA) is 44.2 Å². The molecule has 1 heterocycles. The summed E-state index contributed by atoms with van der Waals surface area (Å²) in [6.07, 6.45) is 0. The van der Waals surface area contributed by atoms with Gasteiger partial charge in [-0.25, -0.2) is 9.97 Å². The van der Waals surface area contributed by atoms with Gasteiger partial charge in [-0.15, -0.1) is 0 Å². The van der Waals surface area contributed by atoms with Crippen molar-refractivity contribution < 1.29 is 9.47 Å². The predicted molar refractivity (Wildman–Crippen MR) is 62.1 cm³/mol. The summed E-state index contributed by atoms with van der Waals surface area (Å²) in [7, 11) is 3.22. The third-order valence-corrected chi connectivity index (χ3v) is 2.58. The molecule has 2 rings (SSSR count). The van der Waals surface area contributed by atoms with E-state index in [1.54, 1.807) is 14.2 Å². The van der Waals surface area contributed by atoms with Gasteiger partial charge in [0, 0.05) is 12.1 Å². The molecule has 84 valence electrons. The van der Waals surface area contributed by atoms with Crippen molar-refractivity contribution >= 4 is 11.0 Å². The summed E-state index contributed by atoms with van der Waals surface area (Å²) in [6.45, 7) is 3.89. The molecular weight excluding hydrogens is 204 g/mol. The van der Waals surface area contributed by atoms with Crippen molar-refractivity contribution in [2.45, 2.75) is 13.8 Å². The molecular formula is C12H14N2O2. The molecule has 0 aliphatic carbocycles. The Balaban J connectivity index is 2.73. The van der Waals surface area contributed by atoms with Crippen LogP contribution in [0.3, 0.4) is 0 Å². The van der Waals surface area contributed by atoms with E-state index in [0.29, 0.717) is 11.5 Å². The van der Waals surface area contributed by atoms with Gasteiger partial charge >= 0.3 is 0 Å². The molecule has 0 saturated carbocycles. The van der Waals surface area contributed by atoms with Gasteiger partial charge < -0.3 is 9.47 Å². The molecule has 0 spiro atoms. The maximum absolute atomic E-state index is 5.22. The molecule has 0 amide bonds. The SMILES string of the molecule is COc1cc2nc(C)c(C)nc2cc1OC. The fourth-order valence-electron chi connectivity index (χ4n) is 1.56. The molecule has 1 aromatic carbocycles. The minimum atomic E-state index is 0.674. The first-order valence-electron chi connectivity index (χ1n) is 5.02. The van der Waals surface area contributed by atoms with Crippen LogP contribution in [0.1, 0.15) is 11.4 Å². The van der Waals surface area contributed by atoms with Gasteiger partial charge in [-0.1, -0.05) is 0 Å². The summed E-state index contributed by atoms with van der Waals surface area (Å²) in [5.41, 5.74) is 3.50. The van der Waals surface area contributed by atoms with Crippen molar-refractivity contribution in [2.24, 2.45) is 0 Å². The second kappa shape index (κ2) is 3.96. The Morgan fingerprint density at radius 2 is 1.19 bits per heavy atom. The molecule has 0 bridgehead atoms. The Kier molecular flexibility index (Phi) is 2.64. The normalized spacial score (nSPS) is 10.5. The number of methoxy groups -OCH3 is 2. The van der Waals surface area contributed by atoms with Crippen molar-refractivity contribution in [2.75, 3.05) is 14.2 Å². The molecule has 0 fully saturated rings. The van der Waals surface area contributed by atoms with Crippen LogP contribution in [0.4, 0.5) is 0 Å². The third kappa shape index (κ3) is 1.66. The van der Waals surface area contributed by atoms with Crippen LogP contribution in [0.2, 0.25) is 0 Å². The van der Waals surface area contributed by atoms with Gasteiger partial charge in [-0.3, -0.25) is 0 Å². The molecule has 0 atom stereocenters. The van der Waals surface area contributed by atoms with Gasteiger partial charge in [0.15, 0.2) is 11.5 Å². The van der Waals surface area contributed by atoms with Crippen LogP contribution in [0.15, 0.2) is 12.1 Å². The lowest BCUT2D eigenvalue weighted by atomic mass is 10.2. The van der Waals surface area contributed by atoms with Crippen molar-refractivity contribution in [3.05, 3.63) is 23.5 Å². The van der Waals surface area contributed by atoms with Crippen LogP contribution in [0.25, 0.3) is 11.0 Å². The van der Waals surface area contributed by atoms with Gasteiger partial charge in [-0.2, -0.15) is 0 Å². The lowest BCUT2D eigenvalue weighted by Gasteiger charge is -2.09. The van der Waals surface area contributed by atoms with Gasteiger partial charge in [-0.05, 0) is 13.8 Å². The molecule has 2 aromatic rings. The Morgan fingerprint density at radius 1 is 0.812 bits per heavy atom. The largest absolute Gasteiger partial charge is 0.493 e. The average Bonchev–Trinajstić information content (AvgIpc) is 2.29. The number of hydrogen-bond donors (Lipinski definition) is 0. The molecule has 0 saturated heterocycles. The molecule has 0 N–H and O–H groups in total. The van der Waals surface area contributed by atoms with Gasteiger partial charge in [0.1, 0.15) is 0 Å². The van der Waals surface area contributed by atoms with E-state index in [1.807, 2.05) is 26.0 Å². The highest BCUT2D eigenvalue weighted by atomic mass is 16.5. The zero-order valence-corrected chi connectivity index (χ0v) is 9.87. The highest BCUT2D eigenvalue weighted by molar-refractivity contribution is 5.79. The second-order valence-corrected chi connectivity index (χ2v) is 3.59. The quantitative estimate of drug-likeness (QED) is 0.775. The first kappa shape index (κ1) is 10.7. The van der Waals surface area contributed by atoms with E-state index < -0.39 is 0 Å². The lowest BCUT2D eigenvalue weighted by Crippen LogP contribution is -1.96. The Morgan fingerprint density at radius 3 is 1.50 bits per heavy atom. The molecule has 16 heavy (non-hydrogen) atoms. The summed E-state index contributed by atoms with van der Waals surface area (Å²) in [5.74, 6) is 1.35. The summed E-state index contributed by atoms with van der Waals surface area (Å²) in [6, 6.07) is 3.68. The zero-order chi connectivity index (χ0) is 11.7. The Labute approximate surface area is 94.2 Å². The van der Waals surface area contributed by atoms with E-state index in [9.17, 15) is 0 Å². The number of fused-ring (bicyclic) bond motifs is 1. The van der Waals surface area contributed by atoms with Crippen LogP contribution in [-0.4, -0.2) is 24.2 Å². The van der Waals surface area contributed by atoms with E-state index in [2.05, 4.69) is 9.97 Å². The van der Waals surface area contributed by atoms with Crippen LogP contribution in [0, 0.1) is 13.8 Å². The number of aromatic nitrogens is 2. The first-order chi connectivity index (χ1) is 7.65. The maximum Gasteiger partial charge on any atom is 0.163 e. The molecule has 0 radical (unpaired) electrons. The summed E-state index contributed by atoms with van der Waals surface area (Å²) >= 11 is 0. The van der Waals surface area contributed by atoms with E-state index in [-0.39, 0.29) is 0 Å². The third-order valence-electron chi connectivity index (χ3n) is 2.58. The van der Waals surface area contributed by atoms with Crippen LogP contribution < -0.4 is 9.47 Å². The number of hydrogen-bond acceptors (Lipinski definition) is 4. The number of ether oxygens (including phenoxy) is 2. The summed E-state index contributed by atoms with van der Waals surface area (Å²) < 4.78 is 10.4. The number of nitrogens with zero attached hydrogens (tertiary/aromatic N) is 2. The summed E-state index contributed by atoms with van der Waals surface area (Å²) in [5, 5.41) is 0. The first-order valence-corrected chi connectivity index (χ1v) is 5.02. The Bertz CT molecular complexity index is 490. The van der Waals surface area contributed by atoms with Crippen LogP contribution in [0.5, 0.6) is 11.5 Å². The van der Waals surface area contributed by atoms with Crippen molar-refractivity contribution in [3.8, 4) is 11.5 Å². The van der Waals surface area contributed by atoms with E-state index in [0.717, 1.165) is 22.4 Å². The molecule has 0 aliphatic heterocycles. The molecule has 0 unspecified atom stereocenters. The van der Waals surface area contributed by atoms with E-state index in [4.69, 9.17) is 9.47 Å². The molecule has 0 aliphatic rings. The number of benzene rings is 1. The molecule has 4 heteroatoms. The van der Waals surface area contributed by atoms with Crippen molar-refractivity contribution in [1.82, 2.24) is 9.97 Å². The standard InChI is InChI=1S/C12H14N2O2/c1-7-8(2)14-10-6-12(16-4)11(15-3)5-9(10)13-7/h5-6H,1-4H3. The highest BCUT2D eigenvalue weighted by Crippen LogP contribution is 2.30. The highest BCUT2D eigenvalue weighted by Gasteiger charge is 2.08. The maximum atomic E-state index is 5.22.